The van der Waals surface area contributed by atoms with E-state index in [1.54, 1.807) is 4.68 Å². The summed E-state index contributed by atoms with van der Waals surface area (Å²) in [4.78, 5) is 21.9. The quantitative estimate of drug-likeness (QED) is 0.782. The zero-order valence-corrected chi connectivity index (χ0v) is 13.4. The van der Waals surface area contributed by atoms with Crippen molar-refractivity contribution in [2.24, 2.45) is 13.0 Å². The fourth-order valence-corrected chi connectivity index (χ4v) is 2.68. The van der Waals surface area contributed by atoms with E-state index in [0.717, 1.165) is 16.9 Å². The maximum atomic E-state index is 11.5. The van der Waals surface area contributed by atoms with Crippen molar-refractivity contribution >= 4 is 38.8 Å². The van der Waals surface area contributed by atoms with Crippen LogP contribution in [-0.2, 0) is 16.6 Å². The number of ether oxygens (including phenoxy) is 1. The lowest BCUT2D eigenvalue weighted by Crippen LogP contribution is -2.30. The molecule has 0 aliphatic rings. The van der Waals surface area contributed by atoms with E-state index in [2.05, 4.69) is 31.0 Å². The fourth-order valence-electron chi connectivity index (χ4n) is 2.09. The van der Waals surface area contributed by atoms with E-state index >= 15 is 0 Å². The number of halogens is 1. The van der Waals surface area contributed by atoms with Gasteiger partial charge in [-0.1, -0.05) is 6.92 Å². The van der Waals surface area contributed by atoms with Crippen LogP contribution >= 0.6 is 15.9 Å². The molecule has 2 aromatic rings. The molecular weight excluding hydrogens is 326 g/mol. The molecule has 8 heteroatoms. The van der Waals surface area contributed by atoms with Gasteiger partial charge in [0.1, 0.15) is 16.7 Å². The standard InChI is InChI=1S/C12H16BrN5O2/c1-7(12(19)20-4)5-17(2)10-8-9(13)16-18(3)11(8)15-6-14-10/h6-7H,5H2,1-4H3. The molecule has 2 heterocycles. The van der Waals surface area contributed by atoms with Gasteiger partial charge in [-0.2, -0.15) is 5.10 Å². The van der Waals surface area contributed by atoms with Crippen molar-refractivity contribution in [3.05, 3.63) is 10.9 Å². The summed E-state index contributed by atoms with van der Waals surface area (Å²) >= 11 is 3.42. The predicted molar refractivity (Wildman–Crippen MR) is 78.5 cm³/mol. The van der Waals surface area contributed by atoms with Crippen molar-refractivity contribution in [1.29, 1.82) is 0 Å². The molecule has 0 bridgehead atoms. The van der Waals surface area contributed by atoms with Gasteiger partial charge in [0.2, 0.25) is 0 Å². The Bertz CT molecular complexity index is 642. The van der Waals surface area contributed by atoms with Gasteiger partial charge in [-0.15, -0.1) is 0 Å². The lowest BCUT2D eigenvalue weighted by molar-refractivity contribution is -0.144. The number of hydrogen-bond donors (Lipinski definition) is 0. The second-order valence-corrected chi connectivity index (χ2v) is 5.37. The molecule has 0 fully saturated rings. The molecule has 1 unspecified atom stereocenters. The number of anilines is 1. The number of fused-ring (bicyclic) bond motifs is 1. The molecule has 0 saturated carbocycles. The molecule has 0 aliphatic heterocycles. The number of nitrogens with zero attached hydrogens (tertiary/aromatic N) is 5. The first-order valence-corrected chi connectivity index (χ1v) is 6.87. The van der Waals surface area contributed by atoms with Gasteiger partial charge in [0.05, 0.1) is 18.4 Å². The highest BCUT2D eigenvalue weighted by atomic mass is 79.9. The van der Waals surface area contributed by atoms with Crippen molar-refractivity contribution in [3.63, 3.8) is 0 Å². The number of carbonyl (C=O) groups is 1. The lowest BCUT2D eigenvalue weighted by atomic mass is 10.1. The highest BCUT2D eigenvalue weighted by Crippen LogP contribution is 2.29. The molecule has 1 atom stereocenters. The Balaban J connectivity index is 2.35. The van der Waals surface area contributed by atoms with E-state index in [-0.39, 0.29) is 11.9 Å². The monoisotopic (exact) mass is 341 g/mol. The minimum absolute atomic E-state index is 0.243. The fraction of sp³-hybridized carbons (Fsp3) is 0.500. The Kier molecular flexibility index (Phi) is 4.22. The van der Waals surface area contributed by atoms with E-state index in [0.29, 0.717) is 11.1 Å². The second-order valence-electron chi connectivity index (χ2n) is 4.62. The van der Waals surface area contributed by atoms with Gasteiger partial charge in [-0.25, -0.2) is 14.6 Å². The summed E-state index contributed by atoms with van der Waals surface area (Å²) in [7, 11) is 5.08. The molecule has 0 amide bonds. The zero-order valence-electron chi connectivity index (χ0n) is 11.8. The van der Waals surface area contributed by atoms with Crippen LogP contribution in [0.1, 0.15) is 6.92 Å². The van der Waals surface area contributed by atoms with Gasteiger partial charge in [-0.3, -0.25) is 4.79 Å². The van der Waals surface area contributed by atoms with Gasteiger partial charge in [0, 0.05) is 20.6 Å². The highest BCUT2D eigenvalue weighted by Gasteiger charge is 2.20. The van der Waals surface area contributed by atoms with Crippen LogP contribution in [0.3, 0.4) is 0 Å². The minimum atomic E-state index is -0.245. The third-order valence-electron chi connectivity index (χ3n) is 3.07. The first-order valence-electron chi connectivity index (χ1n) is 6.07. The normalized spacial score (nSPS) is 12.4. The van der Waals surface area contributed by atoms with Gasteiger partial charge >= 0.3 is 5.97 Å². The number of esters is 1. The number of aryl methyl sites for hydroxylation is 1. The Morgan fingerprint density at radius 3 is 2.90 bits per heavy atom. The summed E-state index contributed by atoms with van der Waals surface area (Å²) in [6, 6.07) is 0. The van der Waals surface area contributed by atoms with Crippen LogP contribution in [0.4, 0.5) is 5.82 Å². The van der Waals surface area contributed by atoms with Crippen LogP contribution in [-0.4, -0.2) is 46.4 Å². The van der Waals surface area contributed by atoms with Crippen LogP contribution in [0.25, 0.3) is 11.0 Å². The summed E-state index contributed by atoms with van der Waals surface area (Å²) in [5.41, 5.74) is 0.736. The number of rotatable bonds is 4. The molecule has 0 radical (unpaired) electrons. The summed E-state index contributed by atoms with van der Waals surface area (Å²) in [6.07, 6.45) is 1.49. The Morgan fingerprint density at radius 2 is 2.25 bits per heavy atom. The van der Waals surface area contributed by atoms with Gasteiger partial charge in [-0.05, 0) is 15.9 Å². The first kappa shape index (κ1) is 14.7. The first-order chi connectivity index (χ1) is 9.45. The van der Waals surface area contributed by atoms with Gasteiger partial charge in [0.15, 0.2) is 5.65 Å². The lowest BCUT2D eigenvalue weighted by Gasteiger charge is -2.21. The maximum Gasteiger partial charge on any atom is 0.310 e. The van der Waals surface area contributed by atoms with Crippen molar-refractivity contribution in [2.75, 3.05) is 25.6 Å². The third-order valence-corrected chi connectivity index (χ3v) is 3.63. The van der Waals surface area contributed by atoms with Crippen molar-refractivity contribution in [1.82, 2.24) is 19.7 Å². The largest absolute Gasteiger partial charge is 0.469 e. The van der Waals surface area contributed by atoms with Gasteiger partial charge in [0.25, 0.3) is 0 Å². The average molecular weight is 342 g/mol. The third kappa shape index (κ3) is 2.60. The van der Waals surface area contributed by atoms with E-state index < -0.39 is 0 Å². The molecule has 20 heavy (non-hydrogen) atoms. The molecule has 2 aromatic heterocycles. The highest BCUT2D eigenvalue weighted by molar-refractivity contribution is 9.10. The molecule has 0 saturated heterocycles. The van der Waals surface area contributed by atoms with Gasteiger partial charge < -0.3 is 9.64 Å². The van der Waals surface area contributed by atoms with Crippen LogP contribution in [0.5, 0.6) is 0 Å². The Morgan fingerprint density at radius 1 is 1.55 bits per heavy atom. The minimum Gasteiger partial charge on any atom is -0.469 e. The second kappa shape index (κ2) is 5.74. The SMILES string of the molecule is COC(=O)C(C)CN(C)c1ncnc2c1c(Br)nn2C. The number of aromatic nitrogens is 4. The van der Waals surface area contributed by atoms with E-state index in [9.17, 15) is 4.79 Å². The zero-order chi connectivity index (χ0) is 14.9. The smallest absolute Gasteiger partial charge is 0.310 e. The van der Waals surface area contributed by atoms with Crippen LogP contribution < -0.4 is 4.90 Å². The number of hydrogen-bond acceptors (Lipinski definition) is 6. The molecular formula is C12H16BrN5O2. The molecule has 0 spiro atoms. The maximum absolute atomic E-state index is 11.5. The van der Waals surface area contributed by atoms with Crippen LogP contribution in [0.2, 0.25) is 0 Å². The van der Waals surface area contributed by atoms with Crippen molar-refractivity contribution < 1.29 is 9.53 Å². The number of methoxy groups -OCH3 is 1. The van der Waals surface area contributed by atoms with E-state index in [1.807, 2.05) is 25.9 Å². The molecule has 0 aliphatic carbocycles. The Hall–Kier alpha value is -1.70. The van der Waals surface area contributed by atoms with Crippen molar-refractivity contribution in [3.8, 4) is 0 Å². The molecule has 0 N–H and O–H groups in total. The summed E-state index contributed by atoms with van der Waals surface area (Å²) in [5, 5.41) is 5.10. The summed E-state index contributed by atoms with van der Waals surface area (Å²) in [6.45, 7) is 2.32. The predicted octanol–water partition coefficient (Wildman–Crippen LogP) is 1.37. The molecule has 7 nitrogen and oxygen atoms in total. The number of carbonyl (C=O) groups excluding carboxylic acids is 1. The summed E-state index contributed by atoms with van der Waals surface area (Å²) in [5.74, 6) is 0.239. The summed E-state index contributed by atoms with van der Waals surface area (Å²) < 4.78 is 7.11. The van der Waals surface area contributed by atoms with E-state index in [4.69, 9.17) is 4.74 Å². The van der Waals surface area contributed by atoms with Crippen molar-refractivity contribution in [2.45, 2.75) is 6.92 Å². The topological polar surface area (TPSA) is 73.1 Å². The molecule has 2 rings (SSSR count). The van der Waals surface area contributed by atoms with E-state index in [1.165, 1.54) is 13.4 Å². The Labute approximate surface area is 125 Å². The molecule has 108 valence electrons. The van der Waals surface area contributed by atoms with Crippen LogP contribution in [0.15, 0.2) is 10.9 Å². The molecule has 0 aromatic carbocycles. The van der Waals surface area contributed by atoms with Crippen LogP contribution in [0, 0.1) is 5.92 Å². The average Bonchev–Trinajstić information content (AvgIpc) is 2.73.